The predicted molar refractivity (Wildman–Crippen MR) is 73.1 cm³/mol. The summed E-state index contributed by atoms with van der Waals surface area (Å²) < 4.78 is 0. The summed E-state index contributed by atoms with van der Waals surface area (Å²) in [5.74, 6) is -0.551. The van der Waals surface area contributed by atoms with Crippen molar-refractivity contribution in [3.63, 3.8) is 0 Å². The van der Waals surface area contributed by atoms with Crippen molar-refractivity contribution < 1.29 is 19.5 Å². The molecule has 2 amide bonds. The van der Waals surface area contributed by atoms with Crippen LogP contribution in [-0.4, -0.2) is 61.9 Å². The van der Waals surface area contributed by atoms with Crippen LogP contribution in [0.25, 0.3) is 0 Å². The van der Waals surface area contributed by atoms with Gasteiger partial charge in [0.15, 0.2) is 0 Å². The molecule has 0 saturated carbocycles. The number of aliphatic carboxylic acids is 1. The summed E-state index contributed by atoms with van der Waals surface area (Å²) in [5.41, 5.74) is 0. The minimum Gasteiger partial charge on any atom is -0.480 e. The summed E-state index contributed by atoms with van der Waals surface area (Å²) >= 11 is 1.63. The zero-order valence-electron chi connectivity index (χ0n) is 11.4. The SMILES string of the molecule is CC12CCC(=O)N1C(C(=O)N1CCCC1C(=O)O)CS2. The number of likely N-dealkylation sites (tertiary alicyclic amines) is 1. The van der Waals surface area contributed by atoms with E-state index in [1.165, 1.54) is 4.90 Å². The summed E-state index contributed by atoms with van der Waals surface area (Å²) in [6.07, 6.45) is 2.47. The normalized spacial score (nSPS) is 36.5. The van der Waals surface area contributed by atoms with Crippen LogP contribution in [0.3, 0.4) is 0 Å². The van der Waals surface area contributed by atoms with Gasteiger partial charge in [0.05, 0.1) is 4.87 Å². The Morgan fingerprint density at radius 2 is 2.15 bits per heavy atom. The second kappa shape index (κ2) is 4.65. The molecule has 3 heterocycles. The van der Waals surface area contributed by atoms with E-state index in [0.717, 1.165) is 6.42 Å². The molecule has 3 saturated heterocycles. The summed E-state index contributed by atoms with van der Waals surface area (Å²) in [5, 5.41) is 9.19. The van der Waals surface area contributed by atoms with E-state index in [1.54, 1.807) is 16.7 Å². The van der Waals surface area contributed by atoms with Crippen molar-refractivity contribution in [2.75, 3.05) is 12.3 Å². The fraction of sp³-hybridized carbons (Fsp3) is 0.769. The van der Waals surface area contributed by atoms with Crippen molar-refractivity contribution in [1.29, 1.82) is 0 Å². The minimum atomic E-state index is -0.947. The zero-order chi connectivity index (χ0) is 14.5. The Hall–Kier alpha value is -1.24. The summed E-state index contributed by atoms with van der Waals surface area (Å²) in [6, 6.07) is -1.21. The Morgan fingerprint density at radius 3 is 2.85 bits per heavy atom. The number of rotatable bonds is 2. The largest absolute Gasteiger partial charge is 0.480 e. The van der Waals surface area contributed by atoms with Crippen molar-refractivity contribution in [3.8, 4) is 0 Å². The lowest BCUT2D eigenvalue weighted by atomic mass is 10.1. The maximum atomic E-state index is 12.6. The lowest BCUT2D eigenvalue weighted by molar-refractivity contribution is -0.151. The third-order valence-corrected chi connectivity index (χ3v) is 6.06. The van der Waals surface area contributed by atoms with Gasteiger partial charge in [-0.1, -0.05) is 0 Å². The lowest BCUT2D eigenvalue weighted by Crippen LogP contribution is -2.53. The van der Waals surface area contributed by atoms with Gasteiger partial charge < -0.3 is 14.9 Å². The number of carboxylic acid groups (broad SMARTS) is 1. The number of carbonyl (C=O) groups excluding carboxylic acids is 2. The molecule has 3 fully saturated rings. The number of thioether (sulfide) groups is 1. The van der Waals surface area contributed by atoms with Crippen molar-refractivity contribution in [3.05, 3.63) is 0 Å². The Morgan fingerprint density at radius 1 is 1.40 bits per heavy atom. The van der Waals surface area contributed by atoms with Crippen molar-refractivity contribution in [2.45, 2.75) is 49.6 Å². The van der Waals surface area contributed by atoms with Crippen LogP contribution in [0.5, 0.6) is 0 Å². The van der Waals surface area contributed by atoms with Gasteiger partial charge in [0.2, 0.25) is 11.8 Å². The maximum Gasteiger partial charge on any atom is 0.326 e. The first-order valence-corrected chi connectivity index (χ1v) is 7.92. The molecule has 3 unspecified atom stereocenters. The number of fused-ring (bicyclic) bond motifs is 1. The van der Waals surface area contributed by atoms with Crippen molar-refractivity contribution >= 4 is 29.5 Å². The monoisotopic (exact) mass is 298 g/mol. The predicted octanol–water partition coefficient (Wildman–Crippen LogP) is 0.516. The number of carboxylic acids is 1. The molecule has 110 valence electrons. The summed E-state index contributed by atoms with van der Waals surface area (Å²) in [7, 11) is 0. The zero-order valence-corrected chi connectivity index (χ0v) is 12.2. The molecule has 0 aromatic heterocycles. The molecule has 3 atom stereocenters. The van der Waals surface area contributed by atoms with Gasteiger partial charge in [-0.15, -0.1) is 11.8 Å². The molecule has 0 bridgehead atoms. The van der Waals surface area contributed by atoms with Gasteiger partial charge in [0, 0.05) is 18.7 Å². The molecular formula is C13H18N2O4S. The highest BCUT2D eigenvalue weighted by Crippen LogP contribution is 2.47. The molecule has 3 rings (SSSR count). The van der Waals surface area contributed by atoms with Gasteiger partial charge in [0.25, 0.3) is 0 Å². The third kappa shape index (κ3) is 1.90. The molecule has 3 aliphatic heterocycles. The van der Waals surface area contributed by atoms with Gasteiger partial charge in [-0.25, -0.2) is 4.79 Å². The molecule has 20 heavy (non-hydrogen) atoms. The molecule has 1 N–H and O–H groups in total. The maximum absolute atomic E-state index is 12.6. The van der Waals surface area contributed by atoms with E-state index in [1.807, 2.05) is 6.92 Å². The quantitative estimate of drug-likeness (QED) is 0.804. The summed E-state index contributed by atoms with van der Waals surface area (Å²) in [6.45, 7) is 2.48. The average molecular weight is 298 g/mol. The molecule has 0 aromatic rings. The lowest BCUT2D eigenvalue weighted by Gasteiger charge is -2.32. The van der Waals surface area contributed by atoms with E-state index in [4.69, 9.17) is 0 Å². The first-order chi connectivity index (χ1) is 9.44. The number of nitrogens with zero attached hydrogens (tertiary/aromatic N) is 2. The van der Waals surface area contributed by atoms with Gasteiger partial charge in [-0.05, 0) is 26.2 Å². The Balaban J connectivity index is 1.81. The third-order valence-electron chi connectivity index (χ3n) is 4.55. The Kier molecular flexibility index (Phi) is 3.19. The van der Waals surface area contributed by atoms with E-state index in [-0.39, 0.29) is 16.7 Å². The van der Waals surface area contributed by atoms with Gasteiger partial charge >= 0.3 is 5.97 Å². The van der Waals surface area contributed by atoms with Crippen LogP contribution < -0.4 is 0 Å². The van der Waals surface area contributed by atoms with E-state index in [2.05, 4.69) is 0 Å². The van der Waals surface area contributed by atoms with E-state index < -0.39 is 18.1 Å². The van der Waals surface area contributed by atoms with E-state index >= 15 is 0 Å². The van der Waals surface area contributed by atoms with Crippen LogP contribution in [0.2, 0.25) is 0 Å². The number of carbonyl (C=O) groups is 3. The average Bonchev–Trinajstić information content (AvgIpc) is 3.05. The minimum absolute atomic E-state index is 0.0157. The first-order valence-electron chi connectivity index (χ1n) is 6.93. The molecule has 0 spiro atoms. The Labute approximate surface area is 121 Å². The second-order valence-electron chi connectivity index (χ2n) is 5.79. The highest BCUT2D eigenvalue weighted by Gasteiger charge is 2.54. The molecule has 0 radical (unpaired) electrons. The molecule has 3 aliphatic rings. The van der Waals surface area contributed by atoms with Crippen LogP contribution in [0, 0.1) is 0 Å². The van der Waals surface area contributed by atoms with Crippen LogP contribution in [0.1, 0.15) is 32.6 Å². The molecular weight excluding hydrogens is 280 g/mol. The molecule has 6 nitrogen and oxygen atoms in total. The van der Waals surface area contributed by atoms with Gasteiger partial charge in [0.1, 0.15) is 12.1 Å². The Bertz CT molecular complexity index is 483. The molecule has 0 aliphatic carbocycles. The van der Waals surface area contributed by atoms with Crippen LogP contribution in [0.4, 0.5) is 0 Å². The van der Waals surface area contributed by atoms with Crippen molar-refractivity contribution in [1.82, 2.24) is 9.80 Å². The van der Waals surface area contributed by atoms with Crippen molar-refractivity contribution in [2.24, 2.45) is 0 Å². The van der Waals surface area contributed by atoms with E-state index in [9.17, 15) is 19.5 Å². The first kappa shape index (κ1) is 13.7. The fourth-order valence-corrected chi connectivity index (χ4v) is 4.91. The fourth-order valence-electron chi connectivity index (χ4n) is 3.48. The van der Waals surface area contributed by atoms with E-state index in [0.29, 0.717) is 31.6 Å². The van der Waals surface area contributed by atoms with Crippen LogP contribution in [-0.2, 0) is 14.4 Å². The topological polar surface area (TPSA) is 77.9 Å². The molecule has 7 heteroatoms. The number of hydrogen-bond donors (Lipinski definition) is 1. The van der Waals surface area contributed by atoms with Gasteiger partial charge in [-0.3, -0.25) is 9.59 Å². The van der Waals surface area contributed by atoms with Crippen LogP contribution in [0.15, 0.2) is 0 Å². The summed E-state index contributed by atoms with van der Waals surface area (Å²) in [4.78, 5) is 38.7. The molecule has 0 aromatic carbocycles. The number of amides is 2. The smallest absolute Gasteiger partial charge is 0.326 e. The second-order valence-corrected chi connectivity index (χ2v) is 7.29. The van der Waals surface area contributed by atoms with Gasteiger partial charge in [-0.2, -0.15) is 0 Å². The standard InChI is InChI=1S/C13H18N2O4S/c1-13-5-4-10(16)15(13)9(7-20-13)11(17)14-6-2-3-8(14)12(18)19/h8-9H,2-7H2,1H3,(H,18,19). The number of hydrogen-bond acceptors (Lipinski definition) is 4. The van der Waals surface area contributed by atoms with Crippen LogP contribution >= 0.6 is 11.8 Å². The highest BCUT2D eigenvalue weighted by molar-refractivity contribution is 8.01. The highest BCUT2D eigenvalue weighted by atomic mass is 32.2.